The zero-order valence-corrected chi connectivity index (χ0v) is 25.4. The fourth-order valence-electron chi connectivity index (χ4n) is 3.71. The molecule has 1 saturated heterocycles. The SMILES string of the molecule is CCOc1cc(/C=C2\SC(=O)N(Cc3c(F)cccc3Cl)C2=O)cc(Br)c1OS(=O)(=O)c1ccc(NC(C)=O)cc1. The van der Waals surface area contributed by atoms with Crippen LogP contribution in [0.3, 0.4) is 0 Å². The molecular formula is C27H21BrClFN2O7S2. The zero-order valence-electron chi connectivity index (χ0n) is 21.4. The third-order valence-electron chi connectivity index (χ3n) is 5.54. The fourth-order valence-corrected chi connectivity index (χ4v) is 6.38. The van der Waals surface area contributed by atoms with E-state index in [2.05, 4.69) is 21.2 Å². The number of hydrogen-bond acceptors (Lipinski definition) is 8. The number of anilines is 1. The van der Waals surface area contributed by atoms with Crippen molar-refractivity contribution in [2.75, 3.05) is 11.9 Å². The van der Waals surface area contributed by atoms with E-state index < -0.39 is 27.1 Å². The first-order chi connectivity index (χ1) is 19.4. The Morgan fingerprint density at radius 2 is 1.88 bits per heavy atom. The average molecular weight is 684 g/mol. The van der Waals surface area contributed by atoms with E-state index in [0.29, 0.717) is 23.0 Å². The van der Waals surface area contributed by atoms with Gasteiger partial charge in [-0.05, 0) is 94.8 Å². The molecule has 0 atom stereocenters. The summed E-state index contributed by atoms with van der Waals surface area (Å²) in [5, 5.41) is 2.04. The van der Waals surface area contributed by atoms with Crippen LogP contribution in [0.2, 0.25) is 5.02 Å². The van der Waals surface area contributed by atoms with Crippen LogP contribution in [-0.4, -0.2) is 37.0 Å². The summed E-state index contributed by atoms with van der Waals surface area (Å²) in [7, 11) is -4.31. The molecule has 9 nitrogen and oxygen atoms in total. The summed E-state index contributed by atoms with van der Waals surface area (Å²) < 4.78 is 51.5. The normalized spacial score (nSPS) is 14.5. The lowest BCUT2D eigenvalue weighted by Crippen LogP contribution is -2.28. The highest BCUT2D eigenvalue weighted by molar-refractivity contribution is 9.10. The van der Waals surface area contributed by atoms with E-state index in [1.165, 1.54) is 67.6 Å². The van der Waals surface area contributed by atoms with Gasteiger partial charge in [0.05, 0.1) is 22.5 Å². The maximum atomic E-state index is 14.2. The van der Waals surface area contributed by atoms with Gasteiger partial charge in [-0.15, -0.1) is 0 Å². The number of hydrogen-bond donors (Lipinski definition) is 1. The molecule has 3 amide bonds. The van der Waals surface area contributed by atoms with Gasteiger partial charge >= 0.3 is 10.1 Å². The maximum absolute atomic E-state index is 14.2. The molecule has 0 radical (unpaired) electrons. The van der Waals surface area contributed by atoms with Gasteiger partial charge < -0.3 is 14.2 Å². The molecule has 214 valence electrons. The Morgan fingerprint density at radius 3 is 2.51 bits per heavy atom. The number of ether oxygens (including phenoxy) is 1. The predicted molar refractivity (Wildman–Crippen MR) is 157 cm³/mol. The Balaban J connectivity index is 1.60. The van der Waals surface area contributed by atoms with Gasteiger partial charge in [-0.2, -0.15) is 8.42 Å². The number of carbonyl (C=O) groups is 3. The summed E-state index contributed by atoms with van der Waals surface area (Å²) >= 11 is 10.0. The molecule has 0 aliphatic carbocycles. The minimum absolute atomic E-state index is 0.0200. The fraction of sp³-hybridized carbons (Fsp3) is 0.148. The number of imide groups is 1. The van der Waals surface area contributed by atoms with Gasteiger partial charge in [0.25, 0.3) is 11.1 Å². The largest absolute Gasteiger partial charge is 0.490 e. The molecule has 3 aromatic rings. The summed E-state index contributed by atoms with van der Waals surface area (Å²) in [4.78, 5) is 37.6. The van der Waals surface area contributed by atoms with Crippen molar-refractivity contribution >= 4 is 78.2 Å². The van der Waals surface area contributed by atoms with Crippen molar-refractivity contribution in [1.29, 1.82) is 0 Å². The quantitative estimate of drug-likeness (QED) is 0.198. The molecule has 1 aliphatic heterocycles. The molecule has 3 aromatic carbocycles. The second kappa shape index (κ2) is 12.6. The van der Waals surface area contributed by atoms with Crippen LogP contribution < -0.4 is 14.2 Å². The van der Waals surface area contributed by atoms with Crippen LogP contribution >= 0.6 is 39.3 Å². The second-order valence-corrected chi connectivity index (χ2v) is 12.3. The Kier molecular flexibility index (Phi) is 9.42. The molecule has 41 heavy (non-hydrogen) atoms. The van der Waals surface area contributed by atoms with Gasteiger partial charge in [-0.25, -0.2) is 4.39 Å². The van der Waals surface area contributed by atoms with Crippen molar-refractivity contribution in [1.82, 2.24) is 4.90 Å². The molecule has 14 heteroatoms. The Labute approximate surface area is 252 Å². The first-order valence-electron chi connectivity index (χ1n) is 11.9. The average Bonchev–Trinajstić information content (AvgIpc) is 3.15. The number of rotatable bonds is 9. The molecule has 0 bridgehead atoms. The number of halogens is 3. The van der Waals surface area contributed by atoms with E-state index in [-0.39, 0.29) is 55.4 Å². The van der Waals surface area contributed by atoms with Crippen molar-refractivity contribution in [3.05, 3.63) is 85.9 Å². The monoisotopic (exact) mass is 682 g/mol. The Hall–Kier alpha value is -3.39. The zero-order chi connectivity index (χ0) is 29.9. The third-order valence-corrected chi connectivity index (χ3v) is 8.62. The third kappa shape index (κ3) is 7.10. The standard InChI is InChI=1S/C27H21BrClFN2O7S2/c1-3-38-23-12-16(13-24-26(34)32(27(35)40-24)14-19-21(29)5-4-6-22(19)30)11-20(28)25(23)39-41(36,37)18-9-7-17(8-10-18)31-15(2)33/h4-13H,3,14H2,1-2H3,(H,31,33)/b24-13-. The van der Waals surface area contributed by atoms with Crippen LogP contribution in [-0.2, 0) is 26.3 Å². The summed E-state index contributed by atoms with van der Waals surface area (Å²) in [5.74, 6) is -1.65. The lowest BCUT2D eigenvalue weighted by atomic mass is 10.1. The van der Waals surface area contributed by atoms with Crippen LogP contribution in [0.5, 0.6) is 11.5 Å². The van der Waals surface area contributed by atoms with E-state index in [9.17, 15) is 27.2 Å². The first kappa shape index (κ1) is 30.6. The highest BCUT2D eigenvalue weighted by atomic mass is 79.9. The summed E-state index contributed by atoms with van der Waals surface area (Å²) in [6, 6.07) is 12.4. The van der Waals surface area contributed by atoms with E-state index >= 15 is 0 Å². The molecule has 0 unspecified atom stereocenters. The smallest absolute Gasteiger partial charge is 0.339 e. The summed E-state index contributed by atoms with van der Waals surface area (Å²) in [6.45, 7) is 2.85. The molecule has 1 N–H and O–H groups in total. The van der Waals surface area contributed by atoms with Crippen molar-refractivity contribution in [3.63, 3.8) is 0 Å². The second-order valence-electron chi connectivity index (χ2n) is 8.47. The molecule has 0 aromatic heterocycles. The Bertz CT molecular complexity index is 1660. The lowest BCUT2D eigenvalue weighted by Gasteiger charge is -2.15. The van der Waals surface area contributed by atoms with Gasteiger partial charge in [0.15, 0.2) is 11.5 Å². The molecule has 1 heterocycles. The molecule has 4 rings (SSSR count). The minimum atomic E-state index is -4.31. The van der Waals surface area contributed by atoms with Gasteiger partial charge in [-0.1, -0.05) is 17.7 Å². The number of benzene rings is 3. The van der Waals surface area contributed by atoms with Crippen LogP contribution in [0.1, 0.15) is 25.0 Å². The van der Waals surface area contributed by atoms with E-state index in [0.717, 1.165) is 4.90 Å². The van der Waals surface area contributed by atoms with Crippen molar-refractivity contribution in [2.45, 2.75) is 25.3 Å². The van der Waals surface area contributed by atoms with Crippen molar-refractivity contribution < 1.29 is 36.1 Å². The minimum Gasteiger partial charge on any atom is -0.490 e. The van der Waals surface area contributed by atoms with E-state index in [1.54, 1.807) is 6.92 Å². The van der Waals surface area contributed by atoms with Crippen LogP contribution in [0.15, 0.2) is 68.9 Å². The molecular weight excluding hydrogens is 663 g/mol. The summed E-state index contributed by atoms with van der Waals surface area (Å²) in [5.41, 5.74) is 0.837. The number of amides is 3. The summed E-state index contributed by atoms with van der Waals surface area (Å²) in [6.07, 6.45) is 1.43. The number of thioether (sulfide) groups is 1. The number of nitrogens with zero attached hydrogens (tertiary/aromatic N) is 1. The van der Waals surface area contributed by atoms with Crippen LogP contribution in [0.4, 0.5) is 14.9 Å². The van der Waals surface area contributed by atoms with Gasteiger partial charge in [0.2, 0.25) is 5.91 Å². The highest BCUT2D eigenvalue weighted by Crippen LogP contribution is 2.41. The van der Waals surface area contributed by atoms with E-state index in [1.807, 2.05) is 0 Å². The van der Waals surface area contributed by atoms with Crippen LogP contribution in [0.25, 0.3) is 6.08 Å². The topological polar surface area (TPSA) is 119 Å². The molecule has 0 saturated carbocycles. The van der Waals surface area contributed by atoms with Crippen molar-refractivity contribution in [2.24, 2.45) is 0 Å². The van der Waals surface area contributed by atoms with Crippen molar-refractivity contribution in [3.8, 4) is 11.5 Å². The first-order valence-corrected chi connectivity index (χ1v) is 15.3. The molecule has 0 spiro atoms. The Morgan fingerprint density at radius 1 is 1.17 bits per heavy atom. The van der Waals surface area contributed by atoms with Gasteiger partial charge in [0, 0.05) is 23.2 Å². The lowest BCUT2D eigenvalue weighted by molar-refractivity contribution is -0.123. The molecule has 1 aliphatic rings. The number of carbonyl (C=O) groups excluding carboxylic acids is 3. The maximum Gasteiger partial charge on any atom is 0.339 e. The number of nitrogens with one attached hydrogen (secondary N) is 1. The molecule has 1 fully saturated rings. The van der Waals surface area contributed by atoms with Crippen LogP contribution in [0, 0.1) is 5.82 Å². The predicted octanol–water partition coefficient (Wildman–Crippen LogP) is 6.60. The van der Waals surface area contributed by atoms with Gasteiger partial charge in [0.1, 0.15) is 10.7 Å². The van der Waals surface area contributed by atoms with E-state index in [4.69, 9.17) is 20.5 Å². The highest BCUT2D eigenvalue weighted by Gasteiger charge is 2.36. The van der Waals surface area contributed by atoms with Gasteiger partial charge in [-0.3, -0.25) is 19.3 Å².